The van der Waals surface area contributed by atoms with Crippen molar-refractivity contribution < 1.29 is 0 Å². The van der Waals surface area contributed by atoms with Crippen LogP contribution in [0.2, 0.25) is 0 Å². The monoisotopic (exact) mass is 591 g/mol. The lowest BCUT2D eigenvalue weighted by Crippen LogP contribution is -2.19. The Balaban J connectivity index is 1.13. The van der Waals surface area contributed by atoms with E-state index >= 15 is 0 Å². The molecular formula is C43H33N3. The average molecular weight is 592 g/mol. The Morgan fingerprint density at radius 1 is 0.522 bits per heavy atom. The van der Waals surface area contributed by atoms with Crippen LogP contribution in [0.25, 0.3) is 27.6 Å². The Bertz CT molecular complexity index is 2080. The van der Waals surface area contributed by atoms with E-state index in [4.69, 9.17) is 5.10 Å². The van der Waals surface area contributed by atoms with Gasteiger partial charge in [-0.1, -0.05) is 121 Å². The number of benzene rings is 7. The predicted molar refractivity (Wildman–Crippen MR) is 195 cm³/mol. The fraction of sp³-hybridized carbons (Fsp3) is 0.0465. The molecule has 1 unspecified atom stereocenters. The van der Waals surface area contributed by atoms with Gasteiger partial charge in [-0.25, -0.2) is 0 Å². The maximum Gasteiger partial charge on any atom is 0.0843 e. The summed E-state index contributed by atoms with van der Waals surface area (Å²) in [5.74, 6) is 0. The summed E-state index contributed by atoms with van der Waals surface area (Å²) in [7, 11) is 0. The van der Waals surface area contributed by atoms with Gasteiger partial charge in [-0.15, -0.1) is 0 Å². The molecule has 0 saturated carbocycles. The number of fused-ring (bicyclic) bond motifs is 2. The molecule has 1 aliphatic heterocycles. The van der Waals surface area contributed by atoms with Gasteiger partial charge in [0.1, 0.15) is 0 Å². The van der Waals surface area contributed by atoms with Crippen LogP contribution in [0.15, 0.2) is 181 Å². The van der Waals surface area contributed by atoms with E-state index in [9.17, 15) is 0 Å². The number of hydrogen-bond acceptors (Lipinski definition) is 3. The van der Waals surface area contributed by atoms with Gasteiger partial charge >= 0.3 is 0 Å². The highest BCUT2D eigenvalue weighted by atomic mass is 15.5. The number of allylic oxidation sites excluding steroid dienone is 1. The molecule has 1 heterocycles. The SMILES string of the molecule is C(=C\c1ccc(N(c2ccccc2)c2ccccc2)cc1)/C1=NN(c2ccccc2)C(c2c3ccccc3cc3ccccc23)C1. The third-order valence-corrected chi connectivity index (χ3v) is 8.75. The summed E-state index contributed by atoms with van der Waals surface area (Å²) in [5.41, 5.74) is 8.00. The van der Waals surface area contributed by atoms with Crippen molar-refractivity contribution in [2.45, 2.75) is 12.5 Å². The molecule has 0 bridgehead atoms. The average Bonchev–Trinajstić information content (AvgIpc) is 3.55. The van der Waals surface area contributed by atoms with Crippen molar-refractivity contribution in [1.82, 2.24) is 0 Å². The van der Waals surface area contributed by atoms with Crippen LogP contribution in [0.3, 0.4) is 0 Å². The molecule has 3 nitrogen and oxygen atoms in total. The molecule has 3 heteroatoms. The lowest BCUT2D eigenvalue weighted by atomic mass is 9.90. The second-order valence-corrected chi connectivity index (χ2v) is 11.7. The van der Waals surface area contributed by atoms with Gasteiger partial charge in [-0.3, -0.25) is 5.01 Å². The molecule has 0 radical (unpaired) electrons. The van der Waals surface area contributed by atoms with E-state index in [1.54, 1.807) is 0 Å². The predicted octanol–water partition coefficient (Wildman–Crippen LogP) is 11.5. The molecule has 7 aromatic carbocycles. The second kappa shape index (κ2) is 12.2. The molecule has 0 aromatic heterocycles. The molecule has 0 N–H and O–H groups in total. The van der Waals surface area contributed by atoms with Crippen molar-refractivity contribution in [3.8, 4) is 0 Å². The van der Waals surface area contributed by atoms with Gasteiger partial charge in [-0.2, -0.15) is 5.10 Å². The van der Waals surface area contributed by atoms with E-state index in [-0.39, 0.29) is 6.04 Å². The molecule has 1 aliphatic rings. The third kappa shape index (κ3) is 5.33. The molecular weight excluding hydrogens is 558 g/mol. The molecule has 8 rings (SSSR count). The number of hydrogen-bond donors (Lipinski definition) is 0. The van der Waals surface area contributed by atoms with Crippen LogP contribution in [0.1, 0.15) is 23.6 Å². The largest absolute Gasteiger partial charge is 0.311 e. The van der Waals surface area contributed by atoms with E-state index in [0.717, 1.165) is 40.4 Å². The first kappa shape index (κ1) is 27.6. The Kier molecular flexibility index (Phi) is 7.33. The summed E-state index contributed by atoms with van der Waals surface area (Å²) in [5, 5.41) is 12.5. The van der Waals surface area contributed by atoms with E-state index in [1.165, 1.54) is 27.1 Å². The van der Waals surface area contributed by atoms with Crippen molar-refractivity contribution in [2.75, 3.05) is 9.91 Å². The summed E-state index contributed by atoms with van der Waals surface area (Å²) < 4.78 is 0. The first-order valence-electron chi connectivity index (χ1n) is 15.8. The van der Waals surface area contributed by atoms with E-state index in [2.05, 4.69) is 192 Å². The minimum atomic E-state index is 0.0747. The maximum absolute atomic E-state index is 5.22. The van der Waals surface area contributed by atoms with Crippen LogP contribution < -0.4 is 9.91 Å². The first-order chi connectivity index (χ1) is 22.8. The minimum absolute atomic E-state index is 0.0747. The van der Waals surface area contributed by atoms with Gasteiger partial charge in [-0.05, 0) is 93.3 Å². The molecule has 0 amide bonds. The van der Waals surface area contributed by atoms with Crippen LogP contribution in [-0.2, 0) is 0 Å². The molecule has 1 atom stereocenters. The van der Waals surface area contributed by atoms with E-state index in [1.807, 2.05) is 0 Å². The summed E-state index contributed by atoms with van der Waals surface area (Å²) >= 11 is 0. The van der Waals surface area contributed by atoms with Crippen molar-refractivity contribution in [1.29, 1.82) is 0 Å². The van der Waals surface area contributed by atoms with Crippen molar-refractivity contribution >= 4 is 56.1 Å². The maximum atomic E-state index is 5.22. The summed E-state index contributed by atoms with van der Waals surface area (Å²) in [4.78, 5) is 2.28. The van der Waals surface area contributed by atoms with Crippen LogP contribution in [0.4, 0.5) is 22.7 Å². The third-order valence-electron chi connectivity index (χ3n) is 8.75. The molecule has 0 fully saturated rings. The van der Waals surface area contributed by atoms with Gasteiger partial charge < -0.3 is 4.90 Å². The van der Waals surface area contributed by atoms with Crippen LogP contribution in [0, 0.1) is 0 Å². The number of anilines is 4. The van der Waals surface area contributed by atoms with Gasteiger partial charge in [0.25, 0.3) is 0 Å². The number of para-hydroxylation sites is 3. The summed E-state index contributed by atoms with van der Waals surface area (Å²) in [6, 6.07) is 60.2. The zero-order valence-electron chi connectivity index (χ0n) is 25.4. The zero-order valence-corrected chi connectivity index (χ0v) is 25.4. The van der Waals surface area contributed by atoms with Gasteiger partial charge in [0, 0.05) is 23.5 Å². The smallest absolute Gasteiger partial charge is 0.0843 e. The fourth-order valence-corrected chi connectivity index (χ4v) is 6.61. The standard InChI is InChI=1S/C43H33N3/c1-4-16-36(17-5-1)45(37-18-6-2-7-19-37)38-28-25-32(26-29-38)24-27-35-31-42(46(44-35)39-20-8-3-9-21-39)43-40-22-12-10-14-33(40)30-34-15-11-13-23-41(34)43/h1-30,42H,31H2/b27-24+. The van der Waals surface area contributed by atoms with Gasteiger partial charge in [0.2, 0.25) is 0 Å². The topological polar surface area (TPSA) is 18.8 Å². The fourth-order valence-electron chi connectivity index (χ4n) is 6.61. The summed E-state index contributed by atoms with van der Waals surface area (Å²) in [6.07, 6.45) is 5.19. The quantitative estimate of drug-likeness (QED) is 0.172. The van der Waals surface area contributed by atoms with Crippen LogP contribution in [0.5, 0.6) is 0 Å². The van der Waals surface area contributed by atoms with Crippen molar-refractivity contribution in [3.63, 3.8) is 0 Å². The Morgan fingerprint density at radius 2 is 1.02 bits per heavy atom. The Hall–Kier alpha value is -5.93. The van der Waals surface area contributed by atoms with Gasteiger partial charge in [0.15, 0.2) is 0 Å². The number of nitrogens with zero attached hydrogens (tertiary/aromatic N) is 3. The van der Waals surface area contributed by atoms with Crippen LogP contribution >= 0.6 is 0 Å². The summed E-state index contributed by atoms with van der Waals surface area (Å²) in [6.45, 7) is 0. The zero-order chi connectivity index (χ0) is 30.7. The van der Waals surface area contributed by atoms with Crippen LogP contribution in [-0.4, -0.2) is 5.71 Å². The first-order valence-corrected chi connectivity index (χ1v) is 15.8. The lowest BCUT2D eigenvalue weighted by Gasteiger charge is -2.26. The van der Waals surface area contributed by atoms with E-state index in [0.29, 0.717) is 0 Å². The van der Waals surface area contributed by atoms with Crippen molar-refractivity contribution in [2.24, 2.45) is 5.10 Å². The molecule has 7 aromatic rings. The molecule has 46 heavy (non-hydrogen) atoms. The molecule has 220 valence electrons. The lowest BCUT2D eigenvalue weighted by molar-refractivity contribution is 0.719. The minimum Gasteiger partial charge on any atom is -0.311 e. The molecule has 0 spiro atoms. The Morgan fingerprint density at radius 3 is 1.61 bits per heavy atom. The highest BCUT2D eigenvalue weighted by Crippen LogP contribution is 2.42. The van der Waals surface area contributed by atoms with E-state index < -0.39 is 0 Å². The normalized spacial score (nSPS) is 14.7. The second-order valence-electron chi connectivity index (χ2n) is 11.7. The van der Waals surface area contributed by atoms with Crippen molar-refractivity contribution in [3.05, 3.63) is 187 Å². The molecule has 0 aliphatic carbocycles. The number of rotatable bonds is 7. The van der Waals surface area contributed by atoms with Gasteiger partial charge in [0.05, 0.1) is 17.4 Å². The number of hydrazone groups is 1. The molecule has 0 saturated heterocycles. The highest BCUT2D eigenvalue weighted by molar-refractivity contribution is 6.06. The highest BCUT2D eigenvalue weighted by Gasteiger charge is 2.31. The Labute approximate surface area is 270 Å².